The second kappa shape index (κ2) is 5.55. The van der Waals surface area contributed by atoms with E-state index in [1.807, 2.05) is 0 Å². The molecule has 0 bridgehead atoms. The summed E-state index contributed by atoms with van der Waals surface area (Å²) in [6.45, 7) is 3.16. The van der Waals surface area contributed by atoms with Crippen molar-refractivity contribution >= 4 is 12.1 Å². The van der Waals surface area contributed by atoms with E-state index >= 15 is 0 Å². The molecule has 0 aliphatic carbocycles. The van der Waals surface area contributed by atoms with Gasteiger partial charge < -0.3 is 14.2 Å². The number of benzene rings is 1. The van der Waals surface area contributed by atoms with Crippen LogP contribution in [-0.2, 0) is 9.47 Å². The summed E-state index contributed by atoms with van der Waals surface area (Å²) in [5.74, 6) is -0.525. The zero-order valence-electron chi connectivity index (χ0n) is 8.64. The first-order chi connectivity index (χ1) is 7.69. The SMILES string of the molecule is C=COC(=O)OC(=O)c1ccccc1OC. The fourth-order valence-corrected chi connectivity index (χ4v) is 1.04. The van der Waals surface area contributed by atoms with Gasteiger partial charge >= 0.3 is 12.1 Å². The molecule has 0 aromatic heterocycles. The molecule has 1 aromatic carbocycles. The number of esters is 1. The third-order valence-corrected chi connectivity index (χ3v) is 1.68. The summed E-state index contributed by atoms with van der Waals surface area (Å²) in [6.07, 6.45) is -0.261. The molecule has 0 atom stereocenters. The molecular formula is C11H10O5. The van der Waals surface area contributed by atoms with Crippen molar-refractivity contribution in [1.82, 2.24) is 0 Å². The molecule has 0 spiro atoms. The van der Waals surface area contributed by atoms with Crippen molar-refractivity contribution in [1.29, 1.82) is 0 Å². The quantitative estimate of drug-likeness (QED) is 0.445. The summed E-state index contributed by atoms with van der Waals surface area (Å²) in [5.41, 5.74) is 0.144. The van der Waals surface area contributed by atoms with Crippen LogP contribution in [-0.4, -0.2) is 19.2 Å². The van der Waals surface area contributed by atoms with E-state index in [2.05, 4.69) is 16.1 Å². The Morgan fingerprint density at radius 3 is 2.62 bits per heavy atom. The number of hydrogen-bond donors (Lipinski definition) is 0. The zero-order valence-corrected chi connectivity index (χ0v) is 8.64. The van der Waals surface area contributed by atoms with Gasteiger partial charge in [0.2, 0.25) is 0 Å². The molecule has 1 rings (SSSR count). The van der Waals surface area contributed by atoms with E-state index in [-0.39, 0.29) is 5.56 Å². The molecule has 0 aliphatic heterocycles. The standard InChI is InChI=1S/C11H10O5/c1-3-15-11(13)16-10(12)8-6-4-5-7-9(8)14-2/h3-7H,1H2,2H3. The van der Waals surface area contributed by atoms with E-state index in [9.17, 15) is 9.59 Å². The van der Waals surface area contributed by atoms with Gasteiger partial charge in [0.05, 0.1) is 13.4 Å². The molecule has 0 fully saturated rings. The average Bonchev–Trinajstić information content (AvgIpc) is 2.29. The summed E-state index contributed by atoms with van der Waals surface area (Å²) in [4.78, 5) is 22.3. The van der Waals surface area contributed by atoms with Gasteiger partial charge in [-0.05, 0) is 12.1 Å². The van der Waals surface area contributed by atoms with E-state index in [4.69, 9.17) is 4.74 Å². The molecule has 0 heterocycles. The molecule has 0 saturated heterocycles. The van der Waals surface area contributed by atoms with Gasteiger partial charge in [-0.15, -0.1) is 0 Å². The van der Waals surface area contributed by atoms with Crippen molar-refractivity contribution in [2.45, 2.75) is 0 Å². The minimum absolute atomic E-state index is 0.144. The first-order valence-electron chi connectivity index (χ1n) is 4.35. The summed E-state index contributed by atoms with van der Waals surface area (Å²) >= 11 is 0. The lowest BCUT2D eigenvalue weighted by atomic mass is 10.2. The first kappa shape index (κ1) is 11.8. The van der Waals surface area contributed by atoms with Crippen LogP contribution >= 0.6 is 0 Å². The lowest BCUT2D eigenvalue weighted by Gasteiger charge is -2.06. The minimum Gasteiger partial charge on any atom is -0.496 e. The van der Waals surface area contributed by atoms with Gasteiger partial charge in [0.1, 0.15) is 11.3 Å². The highest BCUT2D eigenvalue weighted by molar-refractivity contribution is 5.97. The normalized spacial score (nSPS) is 9.06. The Bertz CT molecular complexity index is 411. The molecule has 0 N–H and O–H groups in total. The molecule has 5 nitrogen and oxygen atoms in total. The van der Waals surface area contributed by atoms with Crippen LogP contribution in [0.2, 0.25) is 0 Å². The zero-order chi connectivity index (χ0) is 12.0. The van der Waals surface area contributed by atoms with Gasteiger partial charge in [-0.25, -0.2) is 9.59 Å². The molecule has 0 radical (unpaired) electrons. The van der Waals surface area contributed by atoms with Crippen LogP contribution < -0.4 is 4.74 Å². The van der Waals surface area contributed by atoms with Gasteiger partial charge in [-0.2, -0.15) is 0 Å². The van der Waals surface area contributed by atoms with E-state index in [0.717, 1.165) is 6.26 Å². The molecule has 0 amide bonds. The van der Waals surface area contributed by atoms with Crippen LogP contribution in [0.3, 0.4) is 0 Å². The van der Waals surface area contributed by atoms with Crippen LogP contribution in [0.4, 0.5) is 4.79 Å². The molecule has 0 unspecified atom stereocenters. The molecule has 1 aromatic rings. The highest BCUT2D eigenvalue weighted by Crippen LogP contribution is 2.18. The fraction of sp³-hybridized carbons (Fsp3) is 0.0909. The summed E-state index contributed by atoms with van der Waals surface area (Å²) < 4.78 is 13.6. The maximum atomic E-state index is 11.5. The predicted octanol–water partition coefficient (Wildman–Crippen LogP) is 2.13. The van der Waals surface area contributed by atoms with Gasteiger partial charge in [0.15, 0.2) is 0 Å². The smallest absolute Gasteiger partial charge is 0.496 e. The van der Waals surface area contributed by atoms with Gasteiger partial charge in [-0.1, -0.05) is 18.7 Å². The lowest BCUT2D eigenvalue weighted by Crippen LogP contribution is -2.12. The Kier molecular flexibility index (Phi) is 4.08. The van der Waals surface area contributed by atoms with Crippen LogP contribution in [0.25, 0.3) is 0 Å². The Morgan fingerprint density at radius 2 is 2.00 bits per heavy atom. The monoisotopic (exact) mass is 222 g/mol. The molecule has 5 heteroatoms. The van der Waals surface area contributed by atoms with Crippen LogP contribution in [0.5, 0.6) is 5.75 Å². The summed E-state index contributed by atoms with van der Waals surface area (Å²) in [6, 6.07) is 6.37. The van der Waals surface area contributed by atoms with Gasteiger partial charge in [0.25, 0.3) is 0 Å². The largest absolute Gasteiger partial charge is 0.521 e. The maximum absolute atomic E-state index is 11.5. The number of carbonyl (C=O) groups excluding carboxylic acids is 2. The molecule has 16 heavy (non-hydrogen) atoms. The predicted molar refractivity (Wildman–Crippen MR) is 55.1 cm³/mol. The number of methoxy groups -OCH3 is 1. The molecule has 84 valence electrons. The van der Waals surface area contributed by atoms with Crippen molar-refractivity contribution < 1.29 is 23.8 Å². The van der Waals surface area contributed by atoms with Crippen molar-refractivity contribution in [3.05, 3.63) is 42.7 Å². The van der Waals surface area contributed by atoms with E-state index in [1.165, 1.54) is 13.2 Å². The third kappa shape index (κ3) is 2.84. The second-order valence-electron chi connectivity index (χ2n) is 2.62. The second-order valence-corrected chi connectivity index (χ2v) is 2.62. The van der Waals surface area contributed by atoms with Gasteiger partial charge in [-0.3, -0.25) is 0 Å². The minimum atomic E-state index is -1.13. The first-order valence-corrected chi connectivity index (χ1v) is 4.35. The summed E-state index contributed by atoms with van der Waals surface area (Å²) in [7, 11) is 1.41. The van der Waals surface area contributed by atoms with Gasteiger partial charge in [0, 0.05) is 0 Å². The average molecular weight is 222 g/mol. The molecular weight excluding hydrogens is 212 g/mol. The Labute approximate surface area is 92.2 Å². The summed E-state index contributed by atoms with van der Waals surface area (Å²) in [5, 5.41) is 0. The number of hydrogen-bond acceptors (Lipinski definition) is 5. The van der Waals surface area contributed by atoms with E-state index in [0.29, 0.717) is 5.75 Å². The van der Waals surface area contributed by atoms with Crippen LogP contribution in [0.1, 0.15) is 10.4 Å². The topological polar surface area (TPSA) is 61.8 Å². The number of para-hydroxylation sites is 1. The van der Waals surface area contributed by atoms with Crippen molar-refractivity contribution in [2.75, 3.05) is 7.11 Å². The Hall–Kier alpha value is -2.30. The Morgan fingerprint density at radius 1 is 1.31 bits per heavy atom. The van der Waals surface area contributed by atoms with Crippen LogP contribution in [0.15, 0.2) is 37.1 Å². The van der Waals surface area contributed by atoms with Crippen molar-refractivity contribution in [3.63, 3.8) is 0 Å². The van der Waals surface area contributed by atoms with Crippen LogP contribution in [0, 0.1) is 0 Å². The fourth-order valence-electron chi connectivity index (χ4n) is 1.04. The molecule has 0 aliphatic rings. The number of ether oxygens (including phenoxy) is 3. The highest BCUT2D eigenvalue weighted by Gasteiger charge is 2.17. The third-order valence-electron chi connectivity index (χ3n) is 1.68. The maximum Gasteiger partial charge on any atom is 0.521 e. The van der Waals surface area contributed by atoms with Crippen molar-refractivity contribution in [2.24, 2.45) is 0 Å². The van der Waals surface area contributed by atoms with Crippen molar-refractivity contribution in [3.8, 4) is 5.75 Å². The Balaban J connectivity index is 2.80. The highest BCUT2D eigenvalue weighted by atomic mass is 16.7. The molecule has 0 saturated carbocycles. The lowest BCUT2D eigenvalue weighted by molar-refractivity contribution is 0.0488. The van der Waals surface area contributed by atoms with E-state index < -0.39 is 12.1 Å². The van der Waals surface area contributed by atoms with E-state index in [1.54, 1.807) is 18.2 Å². The number of carbonyl (C=O) groups is 2. The number of rotatable bonds is 3.